The standard InChI is InChI=1S/C77H134O6/c1-4-7-10-13-16-19-22-25-27-29-31-33-35-37-38-40-41-43-45-47-49-52-55-58-61-64-67-70-76(79)82-73-74(72-81-75(78)69-66-63-60-57-54-51-24-21-18-15-12-9-6-3)83-77(80)71-68-65-62-59-56-53-50-48-46-44-42-39-36-34-32-30-28-26-23-20-17-14-11-8-5-2/h8,11-12,15,17,20-22,24-26,28-29,31-32,34,74H,4-7,9-10,13-14,16,18-19,23,27,30,33,35-73H2,1-3H3/b11-8-,15-12-,20-17-,24-21-,25-22-,28-26-,31-29-,34-32-. The minimum atomic E-state index is -0.786. The molecule has 478 valence electrons. The molecule has 0 saturated carbocycles. The molecule has 1 atom stereocenters. The predicted octanol–water partition coefficient (Wildman–Crippen LogP) is 24.8. The molecule has 0 radical (unpaired) electrons. The van der Waals surface area contributed by atoms with Crippen molar-refractivity contribution in [3.63, 3.8) is 0 Å². The molecule has 0 aromatic heterocycles. The highest BCUT2D eigenvalue weighted by molar-refractivity contribution is 5.71. The van der Waals surface area contributed by atoms with E-state index in [-0.39, 0.29) is 31.1 Å². The molecule has 0 rings (SSSR count). The van der Waals surface area contributed by atoms with Gasteiger partial charge in [0.1, 0.15) is 13.2 Å². The van der Waals surface area contributed by atoms with Crippen LogP contribution in [0.15, 0.2) is 97.2 Å². The number of hydrogen-bond donors (Lipinski definition) is 0. The van der Waals surface area contributed by atoms with E-state index in [2.05, 4.69) is 118 Å². The molecule has 0 spiro atoms. The fourth-order valence-electron chi connectivity index (χ4n) is 10.2. The van der Waals surface area contributed by atoms with Crippen molar-refractivity contribution in [3.05, 3.63) is 97.2 Å². The van der Waals surface area contributed by atoms with Crippen molar-refractivity contribution < 1.29 is 28.6 Å². The molecule has 6 nitrogen and oxygen atoms in total. The highest BCUT2D eigenvalue weighted by atomic mass is 16.6. The van der Waals surface area contributed by atoms with Crippen molar-refractivity contribution in [1.82, 2.24) is 0 Å². The van der Waals surface area contributed by atoms with Crippen LogP contribution in [0.3, 0.4) is 0 Å². The van der Waals surface area contributed by atoms with Gasteiger partial charge in [-0.3, -0.25) is 14.4 Å². The molecule has 0 aliphatic rings. The van der Waals surface area contributed by atoms with Gasteiger partial charge in [0.2, 0.25) is 0 Å². The van der Waals surface area contributed by atoms with Gasteiger partial charge in [-0.05, 0) is 116 Å². The third-order valence-corrected chi connectivity index (χ3v) is 15.5. The summed E-state index contributed by atoms with van der Waals surface area (Å²) in [4.78, 5) is 38.4. The highest BCUT2D eigenvalue weighted by Crippen LogP contribution is 2.17. The van der Waals surface area contributed by atoms with E-state index in [1.807, 2.05) is 0 Å². The molecule has 0 aliphatic heterocycles. The first-order chi connectivity index (χ1) is 41.0. The number of esters is 3. The smallest absolute Gasteiger partial charge is 0.306 e. The van der Waals surface area contributed by atoms with E-state index in [1.165, 1.54) is 199 Å². The highest BCUT2D eigenvalue weighted by Gasteiger charge is 2.19. The Balaban J connectivity index is 4.26. The van der Waals surface area contributed by atoms with Crippen LogP contribution in [0, 0.1) is 0 Å². The lowest BCUT2D eigenvalue weighted by Gasteiger charge is -2.18. The Bertz CT molecular complexity index is 1610. The van der Waals surface area contributed by atoms with E-state index in [4.69, 9.17) is 14.2 Å². The maximum Gasteiger partial charge on any atom is 0.306 e. The number of allylic oxidation sites excluding steroid dienone is 16. The number of unbranched alkanes of at least 4 members (excludes halogenated alkanes) is 38. The Morgan fingerprint density at radius 3 is 0.783 bits per heavy atom. The normalized spacial score (nSPS) is 12.7. The third kappa shape index (κ3) is 69.0. The zero-order valence-corrected chi connectivity index (χ0v) is 54.9. The first-order valence-corrected chi connectivity index (χ1v) is 35.7. The summed E-state index contributed by atoms with van der Waals surface area (Å²) in [6.45, 7) is 6.48. The van der Waals surface area contributed by atoms with E-state index < -0.39 is 6.10 Å². The molecule has 0 aliphatic carbocycles. The van der Waals surface area contributed by atoms with Crippen molar-refractivity contribution in [3.8, 4) is 0 Å². The van der Waals surface area contributed by atoms with Crippen LogP contribution in [0.25, 0.3) is 0 Å². The summed E-state index contributed by atoms with van der Waals surface area (Å²) in [6.07, 6.45) is 95.8. The van der Waals surface area contributed by atoms with E-state index in [9.17, 15) is 14.4 Å². The first kappa shape index (κ1) is 79.3. The van der Waals surface area contributed by atoms with Crippen molar-refractivity contribution >= 4 is 17.9 Å². The molecule has 0 fully saturated rings. The van der Waals surface area contributed by atoms with Gasteiger partial charge in [-0.15, -0.1) is 0 Å². The molecule has 0 heterocycles. The van der Waals surface area contributed by atoms with Crippen molar-refractivity contribution in [2.45, 2.75) is 361 Å². The van der Waals surface area contributed by atoms with Gasteiger partial charge in [-0.2, -0.15) is 0 Å². The SMILES string of the molecule is CC/C=C\C/C=C\C/C=C\C/C=C\CCCCCCCCCCCCCCC(=O)OC(COC(=O)CCCCCCC/C=C\C/C=C\CCC)COC(=O)CCCCCCCCCCCCCCCCC/C=C\C/C=C\CCCCCCC. The molecular formula is C77H134O6. The van der Waals surface area contributed by atoms with Crippen LogP contribution < -0.4 is 0 Å². The topological polar surface area (TPSA) is 78.9 Å². The van der Waals surface area contributed by atoms with Gasteiger partial charge in [0.05, 0.1) is 0 Å². The van der Waals surface area contributed by atoms with Gasteiger partial charge >= 0.3 is 17.9 Å². The lowest BCUT2D eigenvalue weighted by molar-refractivity contribution is -0.167. The van der Waals surface area contributed by atoms with E-state index >= 15 is 0 Å². The second-order valence-electron chi connectivity index (χ2n) is 23.8. The molecule has 0 aromatic rings. The minimum absolute atomic E-state index is 0.0804. The van der Waals surface area contributed by atoms with E-state index in [0.29, 0.717) is 19.3 Å². The quantitative estimate of drug-likeness (QED) is 0.0261. The fraction of sp³-hybridized carbons (Fsp3) is 0.753. The van der Waals surface area contributed by atoms with Crippen LogP contribution in [0.2, 0.25) is 0 Å². The predicted molar refractivity (Wildman–Crippen MR) is 362 cm³/mol. The maximum atomic E-state index is 13.0. The summed E-state index contributed by atoms with van der Waals surface area (Å²) in [5.74, 6) is -0.881. The van der Waals surface area contributed by atoms with Gasteiger partial charge in [-0.25, -0.2) is 0 Å². The molecule has 0 amide bonds. The zero-order valence-electron chi connectivity index (χ0n) is 54.9. The largest absolute Gasteiger partial charge is 0.462 e. The monoisotopic (exact) mass is 1160 g/mol. The third-order valence-electron chi connectivity index (χ3n) is 15.5. The molecule has 1 unspecified atom stereocenters. The van der Waals surface area contributed by atoms with E-state index in [0.717, 1.165) is 116 Å². The van der Waals surface area contributed by atoms with Crippen LogP contribution >= 0.6 is 0 Å². The fourth-order valence-corrected chi connectivity index (χ4v) is 10.2. The van der Waals surface area contributed by atoms with Gasteiger partial charge in [0.25, 0.3) is 0 Å². The second kappa shape index (κ2) is 70.8. The van der Waals surface area contributed by atoms with Crippen LogP contribution in [0.4, 0.5) is 0 Å². The Labute approximate surface area is 515 Å². The summed E-state index contributed by atoms with van der Waals surface area (Å²) in [6, 6.07) is 0. The van der Waals surface area contributed by atoms with Gasteiger partial charge < -0.3 is 14.2 Å². The molecule has 0 N–H and O–H groups in total. The molecule has 0 bridgehead atoms. The summed E-state index contributed by atoms with van der Waals surface area (Å²) in [7, 11) is 0. The van der Waals surface area contributed by atoms with Gasteiger partial charge in [-0.1, -0.05) is 317 Å². The molecule has 6 heteroatoms. The first-order valence-electron chi connectivity index (χ1n) is 35.7. The van der Waals surface area contributed by atoms with Crippen molar-refractivity contribution in [2.75, 3.05) is 13.2 Å². The van der Waals surface area contributed by atoms with Gasteiger partial charge in [0.15, 0.2) is 6.10 Å². The summed E-state index contributed by atoms with van der Waals surface area (Å²) in [5.41, 5.74) is 0. The number of carbonyl (C=O) groups excluding carboxylic acids is 3. The molecular weight excluding hydrogens is 1020 g/mol. The lowest BCUT2D eigenvalue weighted by atomic mass is 10.0. The van der Waals surface area contributed by atoms with Crippen LogP contribution in [-0.4, -0.2) is 37.2 Å². The number of ether oxygens (including phenoxy) is 3. The van der Waals surface area contributed by atoms with Crippen LogP contribution in [0.5, 0.6) is 0 Å². The zero-order chi connectivity index (χ0) is 59.9. The number of rotatable bonds is 65. The minimum Gasteiger partial charge on any atom is -0.462 e. The summed E-state index contributed by atoms with van der Waals surface area (Å²) in [5, 5.41) is 0. The van der Waals surface area contributed by atoms with Crippen molar-refractivity contribution in [2.24, 2.45) is 0 Å². The summed E-state index contributed by atoms with van der Waals surface area (Å²) >= 11 is 0. The Kier molecular flexibility index (Phi) is 67.7. The maximum absolute atomic E-state index is 13.0. The second-order valence-corrected chi connectivity index (χ2v) is 23.8. The van der Waals surface area contributed by atoms with E-state index in [1.54, 1.807) is 0 Å². The number of carbonyl (C=O) groups is 3. The Morgan fingerprint density at radius 1 is 0.253 bits per heavy atom. The number of hydrogen-bond acceptors (Lipinski definition) is 6. The lowest BCUT2D eigenvalue weighted by Crippen LogP contribution is -2.30. The molecule has 83 heavy (non-hydrogen) atoms. The molecule has 0 saturated heterocycles. The molecule has 0 aromatic carbocycles. The summed E-state index contributed by atoms with van der Waals surface area (Å²) < 4.78 is 17.0. The Morgan fingerprint density at radius 2 is 0.494 bits per heavy atom. The van der Waals surface area contributed by atoms with Crippen LogP contribution in [-0.2, 0) is 28.6 Å². The van der Waals surface area contributed by atoms with Gasteiger partial charge in [0, 0.05) is 19.3 Å². The Hall–Kier alpha value is -3.67. The average Bonchev–Trinajstić information content (AvgIpc) is 3.49. The van der Waals surface area contributed by atoms with Crippen molar-refractivity contribution in [1.29, 1.82) is 0 Å². The average molecular weight is 1160 g/mol. The van der Waals surface area contributed by atoms with Crippen LogP contribution in [0.1, 0.15) is 355 Å².